The summed E-state index contributed by atoms with van der Waals surface area (Å²) in [7, 11) is 0. The molecule has 0 aromatic heterocycles. The van der Waals surface area contributed by atoms with E-state index in [2.05, 4.69) is 10.6 Å². The van der Waals surface area contributed by atoms with E-state index in [1.807, 2.05) is 0 Å². The van der Waals surface area contributed by atoms with Crippen LogP contribution in [0.1, 0.15) is 13.8 Å². The molecule has 0 aromatic carbocycles. The summed E-state index contributed by atoms with van der Waals surface area (Å²) < 4.78 is 0. The van der Waals surface area contributed by atoms with Gasteiger partial charge in [-0.3, -0.25) is 19.2 Å². The monoisotopic (exact) mass is 274 g/mol. The zero-order chi connectivity index (χ0) is 15.1. The number of hydrogen-bond acceptors (Lipinski definition) is 6. The summed E-state index contributed by atoms with van der Waals surface area (Å²) in [5.41, 5.74) is -2.48. The van der Waals surface area contributed by atoms with Crippen molar-refractivity contribution < 1.29 is 29.4 Å². The Hall–Kier alpha value is -1.80. The molecule has 0 spiro atoms. The average molecular weight is 274 g/mol. The lowest BCUT2D eigenvalue weighted by Gasteiger charge is -2.25. The van der Waals surface area contributed by atoms with Gasteiger partial charge in [-0.1, -0.05) is 0 Å². The molecule has 0 unspecified atom stereocenters. The van der Waals surface area contributed by atoms with E-state index >= 15 is 0 Å². The lowest BCUT2D eigenvalue weighted by atomic mass is 9.78. The van der Waals surface area contributed by atoms with Crippen molar-refractivity contribution in [2.24, 2.45) is 5.41 Å². The molecule has 0 rings (SSSR count). The van der Waals surface area contributed by atoms with Crippen LogP contribution in [-0.2, 0) is 19.2 Å². The van der Waals surface area contributed by atoms with Crippen molar-refractivity contribution in [3.8, 4) is 0 Å². The third kappa shape index (κ3) is 3.58. The Morgan fingerprint density at radius 3 is 1.37 bits per heavy atom. The van der Waals surface area contributed by atoms with Gasteiger partial charge in [-0.2, -0.15) is 0 Å². The van der Waals surface area contributed by atoms with E-state index in [0.29, 0.717) is 0 Å². The van der Waals surface area contributed by atoms with Crippen LogP contribution in [0, 0.1) is 5.41 Å². The molecular weight excluding hydrogens is 256 g/mol. The number of amides is 2. The highest BCUT2D eigenvalue weighted by Crippen LogP contribution is 2.21. The highest BCUT2D eigenvalue weighted by Gasteiger charge is 2.54. The van der Waals surface area contributed by atoms with Gasteiger partial charge in [0.1, 0.15) is 0 Å². The van der Waals surface area contributed by atoms with Crippen molar-refractivity contribution in [3.05, 3.63) is 0 Å². The fourth-order valence-electron chi connectivity index (χ4n) is 1.59. The number of carbonyl (C=O) groups excluding carboxylic acids is 4. The number of hydrogen-bond donors (Lipinski definition) is 4. The Kier molecular flexibility index (Phi) is 6.87. The quantitative estimate of drug-likeness (QED) is 0.358. The van der Waals surface area contributed by atoms with Gasteiger partial charge in [0.15, 0.2) is 11.6 Å². The number of aliphatic hydroxyl groups is 2. The second-order valence-electron chi connectivity index (χ2n) is 3.82. The Morgan fingerprint density at radius 2 is 1.16 bits per heavy atom. The second-order valence-corrected chi connectivity index (χ2v) is 3.82. The summed E-state index contributed by atoms with van der Waals surface area (Å²) in [6.07, 6.45) is 0. The van der Waals surface area contributed by atoms with E-state index in [-0.39, 0.29) is 13.1 Å². The minimum atomic E-state index is -2.48. The van der Waals surface area contributed by atoms with Crippen LogP contribution in [0.25, 0.3) is 0 Å². The number of ketones is 2. The first-order valence-corrected chi connectivity index (χ1v) is 5.66. The van der Waals surface area contributed by atoms with Crippen LogP contribution in [-0.4, -0.2) is 59.9 Å². The molecule has 0 aliphatic carbocycles. The number of rotatable bonds is 8. The van der Waals surface area contributed by atoms with E-state index < -0.39 is 42.0 Å². The summed E-state index contributed by atoms with van der Waals surface area (Å²) >= 11 is 0. The number of Topliss-reactive ketones (excluding diaryl/α,β-unsaturated/α-hetero) is 2. The zero-order valence-corrected chi connectivity index (χ0v) is 10.9. The second kappa shape index (κ2) is 7.59. The number of carbonyl (C=O) groups is 4. The SMILES string of the molecule is CC(=O)C(C(C)=O)(C(=O)NCCO)C(=O)NCCO. The summed E-state index contributed by atoms with van der Waals surface area (Å²) in [6, 6.07) is 0. The molecule has 0 saturated heterocycles. The van der Waals surface area contributed by atoms with Crippen LogP contribution in [0.3, 0.4) is 0 Å². The molecule has 0 bridgehead atoms. The van der Waals surface area contributed by atoms with Gasteiger partial charge in [-0.25, -0.2) is 0 Å². The zero-order valence-electron chi connectivity index (χ0n) is 10.9. The Bertz CT molecular complexity index is 343. The minimum Gasteiger partial charge on any atom is -0.395 e. The third-order valence-electron chi connectivity index (χ3n) is 2.53. The van der Waals surface area contributed by atoms with Gasteiger partial charge in [0.05, 0.1) is 13.2 Å². The predicted molar refractivity (Wildman–Crippen MR) is 64.0 cm³/mol. The molecule has 0 fully saturated rings. The van der Waals surface area contributed by atoms with Crippen molar-refractivity contribution in [2.45, 2.75) is 13.8 Å². The first-order valence-electron chi connectivity index (χ1n) is 5.66. The summed E-state index contributed by atoms with van der Waals surface area (Å²) in [5.74, 6) is -4.02. The van der Waals surface area contributed by atoms with Crippen molar-refractivity contribution in [1.82, 2.24) is 10.6 Å². The maximum absolute atomic E-state index is 11.9. The summed E-state index contributed by atoms with van der Waals surface area (Å²) in [6.45, 7) is 0.755. The highest BCUT2D eigenvalue weighted by molar-refractivity contribution is 6.37. The Balaban J connectivity index is 5.43. The van der Waals surface area contributed by atoms with Crippen LogP contribution in [0.15, 0.2) is 0 Å². The average Bonchev–Trinajstić information content (AvgIpc) is 2.33. The van der Waals surface area contributed by atoms with Gasteiger partial charge in [0, 0.05) is 13.1 Å². The molecule has 4 N–H and O–H groups in total. The fourth-order valence-corrected chi connectivity index (χ4v) is 1.59. The van der Waals surface area contributed by atoms with Crippen molar-refractivity contribution >= 4 is 23.4 Å². The van der Waals surface area contributed by atoms with Crippen LogP contribution in [0.2, 0.25) is 0 Å². The molecule has 8 heteroatoms. The number of aliphatic hydroxyl groups excluding tert-OH is 2. The lowest BCUT2D eigenvalue weighted by Crippen LogP contribution is -2.60. The van der Waals surface area contributed by atoms with Crippen LogP contribution in [0.5, 0.6) is 0 Å². The molecule has 0 aliphatic rings. The van der Waals surface area contributed by atoms with Crippen molar-refractivity contribution in [1.29, 1.82) is 0 Å². The van der Waals surface area contributed by atoms with Gasteiger partial charge < -0.3 is 20.8 Å². The highest BCUT2D eigenvalue weighted by atomic mass is 16.3. The molecule has 0 heterocycles. The molecule has 8 nitrogen and oxygen atoms in total. The normalized spacial score (nSPS) is 10.7. The molecule has 0 atom stereocenters. The molecule has 19 heavy (non-hydrogen) atoms. The Morgan fingerprint density at radius 1 is 0.842 bits per heavy atom. The Labute approximate surface area is 110 Å². The largest absolute Gasteiger partial charge is 0.395 e. The van der Waals surface area contributed by atoms with Crippen molar-refractivity contribution in [2.75, 3.05) is 26.3 Å². The minimum absolute atomic E-state index is 0.186. The lowest BCUT2D eigenvalue weighted by molar-refractivity contribution is -0.155. The van der Waals surface area contributed by atoms with Crippen LogP contribution in [0.4, 0.5) is 0 Å². The fraction of sp³-hybridized carbons (Fsp3) is 0.636. The first kappa shape index (κ1) is 17.2. The number of nitrogens with one attached hydrogen (secondary N) is 2. The standard InChI is InChI=1S/C11H18N2O6/c1-7(16)11(8(2)17,9(18)12-3-5-14)10(19)13-4-6-15/h14-15H,3-6H2,1-2H3,(H,12,18)(H,13,19). The van der Waals surface area contributed by atoms with Gasteiger partial charge in [-0.05, 0) is 13.8 Å². The molecule has 0 radical (unpaired) electrons. The third-order valence-corrected chi connectivity index (χ3v) is 2.53. The van der Waals surface area contributed by atoms with Gasteiger partial charge >= 0.3 is 0 Å². The van der Waals surface area contributed by atoms with E-state index in [0.717, 1.165) is 13.8 Å². The summed E-state index contributed by atoms with van der Waals surface area (Å²) in [4.78, 5) is 47.1. The van der Waals surface area contributed by atoms with E-state index in [1.165, 1.54) is 0 Å². The molecule has 108 valence electrons. The molecule has 0 aliphatic heterocycles. The van der Waals surface area contributed by atoms with Crippen LogP contribution < -0.4 is 10.6 Å². The maximum Gasteiger partial charge on any atom is 0.251 e. The molecule has 0 aromatic rings. The topological polar surface area (TPSA) is 133 Å². The maximum atomic E-state index is 11.9. The van der Waals surface area contributed by atoms with Crippen LogP contribution >= 0.6 is 0 Å². The van der Waals surface area contributed by atoms with E-state index in [4.69, 9.17) is 10.2 Å². The van der Waals surface area contributed by atoms with Crippen molar-refractivity contribution in [3.63, 3.8) is 0 Å². The van der Waals surface area contributed by atoms with E-state index in [9.17, 15) is 19.2 Å². The van der Waals surface area contributed by atoms with Gasteiger partial charge in [0.2, 0.25) is 5.41 Å². The summed E-state index contributed by atoms with van der Waals surface area (Å²) in [5, 5.41) is 21.5. The van der Waals surface area contributed by atoms with E-state index in [1.54, 1.807) is 0 Å². The molecular formula is C11H18N2O6. The molecule has 0 saturated carbocycles. The smallest absolute Gasteiger partial charge is 0.251 e. The predicted octanol–water partition coefficient (Wildman–Crippen LogP) is -2.63. The van der Waals surface area contributed by atoms with Gasteiger partial charge in [0.25, 0.3) is 11.8 Å². The van der Waals surface area contributed by atoms with Gasteiger partial charge in [-0.15, -0.1) is 0 Å². The first-order chi connectivity index (χ1) is 8.85. The molecule has 2 amide bonds.